The molecule has 13 heavy (non-hydrogen) atoms. The Balaban J connectivity index is 2.30. The SMILES string of the molecule is CCC[C@H]1CC[C@H](C(F)(F)F)OC1. The molecule has 0 spiro atoms. The summed E-state index contributed by atoms with van der Waals surface area (Å²) in [5, 5.41) is 0. The molecule has 1 saturated heterocycles. The second-order valence-electron chi connectivity index (χ2n) is 3.60. The lowest BCUT2D eigenvalue weighted by atomic mass is 9.94. The standard InChI is InChI=1S/C9H15F3O/c1-2-3-7-4-5-8(13-6-7)9(10,11)12/h7-8H,2-6H2,1H3/t7-,8+/m0/s1. The van der Waals surface area contributed by atoms with Crippen LogP contribution in [0.25, 0.3) is 0 Å². The summed E-state index contributed by atoms with van der Waals surface area (Å²) >= 11 is 0. The average molecular weight is 196 g/mol. The van der Waals surface area contributed by atoms with Crippen molar-refractivity contribution in [3.63, 3.8) is 0 Å². The van der Waals surface area contributed by atoms with Gasteiger partial charge in [0.2, 0.25) is 0 Å². The predicted octanol–water partition coefficient (Wildman–Crippen LogP) is 3.14. The van der Waals surface area contributed by atoms with E-state index in [0.29, 0.717) is 12.3 Å². The van der Waals surface area contributed by atoms with E-state index in [2.05, 4.69) is 0 Å². The molecule has 1 rings (SSSR count). The fourth-order valence-electron chi connectivity index (χ4n) is 1.70. The molecule has 0 radical (unpaired) electrons. The Hall–Kier alpha value is -0.250. The Kier molecular flexibility index (Phi) is 3.59. The van der Waals surface area contributed by atoms with Crippen LogP contribution < -0.4 is 0 Å². The number of hydrogen-bond acceptors (Lipinski definition) is 1. The molecule has 0 saturated carbocycles. The summed E-state index contributed by atoms with van der Waals surface area (Å²) in [7, 11) is 0. The van der Waals surface area contributed by atoms with Crippen molar-refractivity contribution in [1.82, 2.24) is 0 Å². The third-order valence-electron chi connectivity index (χ3n) is 2.43. The molecule has 1 aliphatic rings. The van der Waals surface area contributed by atoms with E-state index < -0.39 is 12.3 Å². The van der Waals surface area contributed by atoms with Gasteiger partial charge in [0.05, 0.1) is 6.61 Å². The van der Waals surface area contributed by atoms with Crippen LogP contribution in [0.15, 0.2) is 0 Å². The first-order valence-corrected chi connectivity index (χ1v) is 4.72. The van der Waals surface area contributed by atoms with E-state index in [1.165, 1.54) is 0 Å². The Morgan fingerprint density at radius 3 is 2.38 bits per heavy atom. The monoisotopic (exact) mass is 196 g/mol. The largest absolute Gasteiger partial charge is 0.414 e. The highest BCUT2D eigenvalue weighted by atomic mass is 19.4. The van der Waals surface area contributed by atoms with Crippen molar-refractivity contribution >= 4 is 0 Å². The van der Waals surface area contributed by atoms with Crippen molar-refractivity contribution in [3.05, 3.63) is 0 Å². The molecule has 0 N–H and O–H groups in total. The zero-order valence-corrected chi connectivity index (χ0v) is 7.73. The fourth-order valence-corrected chi connectivity index (χ4v) is 1.70. The first-order chi connectivity index (χ1) is 6.04. The van der Waals surface area contributed by atoms with Gasteiger partial charge in [-0.05, 0) is 25.2 Å². The number of alkyl halides is 3. The maximum Gasteiger partial charge on any atom is 0.414 e. The topological polar surface area (TPSA) is 9.23 Å². The molecule has 1 aliphatic heterocycles. The summed E-state index contributed by atoms with van der Waals surface area (Å²) in [6.07, 6.45) is -2.90. The summed E-state index contributed by atoms with van der Waals surface area (Å²) in [6.45, 7) is 2.31. The molecule has 0 aromatic carbocycles. The Morgan fingerprint density at radius 1 is 1.31 bits per heavy atom. The second kappa shape index (κ2) is 4.31. The van der Waals surface area contributed by atoms with E-state index in [4.69, 9.17) is 4.74 Å². The van der Waals surface area contributed by atoms with Crippen molar-refractivity contribution in [2.75, 3.05) is 6.61 Å². The molecule has 0 aliphatic carbocycles. The number of halogens is 3. The normalized spacial score (nSPS) is 30.5. The highest BCUT2D eigenvalue weighted by Crippen LogP contribution is 2.32. The second-order valence-corrected chi connectivity index (χ2v) is 3.60. The zero-order chi connectivity index (χ0) is 9.90. The van der Waals surface area contributed by atoms with E-state index in [1.807, 2.05) is 6.92 Å². The van der Waals surface area contributed by atoms with Gasteiger partial charge in [0.1, 0.15) is 0 Å². The van der Waals surface area contributed by atoms with E-state index in [0.717, 1.165) is 12.8 Å². The fraction of sp³-hybridized carbons (Fsp3) is 1.00. The van der Waals surface area contributed by atoms with Gasteiger partial charge in [-0.2, -0.15) is 13.2 Å². The first kappa shape index (κ1) is 10.8. The summed E-state index contributed by atoms with van der Waals surface area (Å²) in [5.41, 5.74) is 0. The molecule has 0 aromatic heterocycles. The van der Waals surface area contributed by atoms with Gasteiger partial charge in [-0.15, -0.1) is 0 Å². The van der Waals surface area contributed by atoms with Crippen LogP contribution in [0, 0.1) is 5.92 Å². The van der Waals surface area contributed by atoms with E-state index in [1.54, 1.807) is 0 Å². The van der Waals surface area contributed by atoms with Gasteiger partial charge in [-0.3, -0.25) is 0 Å². The van der Waals surface area contributed by atoms with Crippen molar-refractivity contribution in [3.8, 4) is 0 Å². The lowest BCUT2D eigenvalue weighted by Gasteiger charge is -2.30. The van der Waals surface area contributed by atoms with Gasteiger partial charge >= 0.3 is 6.18 Å². The summed E-state index contributed by atoms with van der Waals surface area (Å²) < 4.78 is 41.2. The molecule has 1 heterocycles. The number of rotatable bonds is 2. The number of ether oxygens (including phenoxy) is 1. The first-order valence-electron chi connectivity index (χ1n) is 4.72. The van der Waals surface area contributed by atoms with Crippen molar-refractivity contribution in [2.24, 2.45) is 5.92 Å². The molecule has 4 heteroatoms. The lowest BCUT2D eigenvalue weighted by molar-refractivity contribution is -0.235. The molecule has 0 aromatic rings. The van der Waals surface area contributed by atoms with Crippen LogP contribution in [0.2, 0.25) is 0 Å². The van der Waals surface area contributed by atoms with Gasteiger partial charge in [-0.1, -0.05) is 13.3 Å². The predicted molar refractivity (Wildman–Crippen MR) is 43.4 cm³/mol. The third kappa shape index (κ3) is 3.18. The van der Waals surface area contributed by atoms with Crippen LogP contribution in [-0.2, 0) is 4.74 Å². The van der Waals surface area contributed by atoms with Crippen LogP contribution in [0.3, 0.4) is 0 Å². The van der Waals surface area contributed by atoms with Crippen LogP contribution in [-0.4, -0.2) is 18.9 Å². The summed E-state index contributed by atoms with van der Waals surface area (Å²) in [4.78, 5) is 0. The smallest absolute Gasteiger partial charge is 0.368 e. The number of hydrogen-bond donors (Lipinski definition) is 0. The maximum absolute atomic E-state index is 12.1. The Labute approximate surface area is 76.3 Å². The van der Waals surface area contributed by atoms with E-state index in [9.17, 15) is 13.2 Å². The molecule has 1 nitrogen and oxygen atoms in total. The van der Waals surface area contributed by atoms with E-state index in [-0.39, 0.29) is 13.0 Å². The van der Waals surface area contributed by atoms with Crippen LogP contribution in [0.5, 0.6) is 0 Å². The third-order valence-corrected chi connectivity index (χ3v) is 2.43. The van der Waals surface area contributed by atoms with Crippen LogP contribution in [0.4, 0.5) is 13.2 Å². The minimum atomic E-state index is -4.17. The molecular formula is C9H15F3O. The maximum atomic E-state index is 12.1. The molecular weight excluding hydrogens is 181 g/mol. The summed E-state index contributed by atoms with van der Waals surface area (Å²) in [6, 6.07) is 0. The highest BCUT2D eigenvalue weighted by molar-refractivity contribution is 4.75. The minimum absolute atomic E-state index is 0.133. The molecule has 0 amide bonds. The molecule has 1 fully saturated rings. The Morgan fingerprint density at radius 2 is 2.00 bits per heavy atom. The van der Waals surface area contributed by atoms with Gasteiger partial charge in [-0.25, -0.2) is 0 Å². The van der Waals surface area contributed by atoms with Crippen molar-refractivity contribution < 1.29 is 17.9 Å². The lowest BCUT2D eigenvalue weighted by Crippen LogP contribution is -2.37. The highest BCUT2D eigenvalue weighted by Gasteiger charge is 2.42. The van der Waals surface area contributed by atoms with Crippen molar-refractivity contribution in [1.29, 1.82) is 0 Å². The van der Waals surface area contributed by atoms with E-state index >= 15 is 0 Å². The van der Waals surface area contributed by atoms with Gasteiger partial charge in [0, 0.05) is 0 Å². The molecule has 0 unspecified atom stereocenters. The summed E-state index contributed by atoms with van der Waals surface area (Å²) in [5.74, 6) is 0.337. The molecule has 0 bridgehead atoms. The minimum Gasteiger partial charge on any atom is -0.368 e. The van der Waals surface area contributed by atoms with Crippen LogP contribution >= 0.6 is 0 Å². The van der Waals surface area contributed by atoms with Crippen molar-refractivity contribution in [2.45, 2.75) is 44.9 Å². The average Bonchev–Trinajstić information content (AvgIpc) is 2.04. The van der Waals surface area contributed by atoms with Gasteiger partial charge in [0.25, 0.3) is 0 Å². The zero-order valence-electron chi connectivity index (χ0n) is 7.73. The Bertz CT molecular complexity index is 147. The van der Waals surface area contributed by atoms with Gasteiger partial charge < -0.3 is 4.74 Å². The molecule has 78 valence electrons. The van der Waals surface area contributed by atoms with Gasteiger partial charge in [0.15, 0.2) is 6.10 Å². The molecule has 2 atom stereocenters. The van der Waals surface area contributed by atoms with Crippen LogP contribution in [0.1, 0.15) is 32.6 Å². The quantitative estimate of drug-likeness (QED) is 0.659.